The van der Waals surface area contributed by atoms with Gasteiger partial charge in [-0.05, 0) is 20.9 Å². The van der Waals surface area contributed by atoms with Crippen molar-refractivity contribution in [3.8, 4) is 0 Å². The lowest BCUT2D eigenvalue weighted by Crippen LogP contribution is -2.37. The minimum absolute atomic E-state index is 0.0833. The Morgan fingerprint density at radius 1 is 1.50 bits per heavy atom. The van der Waals surface area contributed by atoms with E-state index in [1.54, 1.807) is 7.05 Å². The molecule has 0 radical (unpaired) electrons. The third kappa shape index (κ3) is 9.61. The van der Waals surface area contributed by atoms with Gasteiger partial charge in [0.1, 0.15) is 19.0 Å². The van der Waals surface area contributed by atoms with Crippen molar-refractivity contribution in [1.29, 1.82) is 0 Å². The molecule has 0 aliphatic heterocycles. The molecule has 0 aromatic rings. The fourth-order valence-electron chi connectivity index (χ4n) is 0.587. The molecule has 0 aromatic heterocycles. The highest BCUT2D eigenvalue weighted by Crippen LogP contribution is 1.96. The molecule has 4 heteroatoms. The summed E-state index contributed by atoms with van der Waals surface area (Å²) in [5.74, 6) is 0. The molecule has 0 aliphatic rings. The Morgan fingerprint density at radius 3 is 2.00 bits per heavy atom. The van der Waals surface area contributed by atoms with E-state index in [0.29, 0.717) is 0 Å². The molecular weight excluding hydrogens is 188 g/mol. The molecule has 0 saturated heterocycles. The Morgan fingerprint density at radius 2 is 1.93 bits per heavy atom. The van der Waals surface area contributed by atoms with Gasteiger partial charge in [-0.15, -0.1) is 6.58 Å². The van der Waals surface area contributed by atoms with Crippen LogP contribution < -0.4 is 5.32 Å². The van der Waals surface area contributed by atoms with Crippen LogP contribution in [0.4, 0.5) is 8.78 Å². The molecule has 0 fully saturated rings. The maximum atomic E-state index is 11.9. The number of allylic oxidation sites excluding steroid dienone is 1. The van der Waals surface area contributed by atoms with Crippen LogP contribution in [-0.4, -0.2) is 39.1 Å². The number of likely N-dealkylation sites (N-methyl/N-ethyl adjacent to an activating group) is 1. The normalized spacial score (nSPS) is 16.1. The summed E-state index contributed by atoms with van der Waals surface area (Å²) in [4.78, 5) is 0. The molecule has 0 rings (SSSR count). The molecule has 0 spiro atoms. The molecule has 0 bridgehead atoms. The summed E-state index contributed by atoms with van der Waals surface area (Å²) in [5.41, 5.74) is 0. The molecule has 3 atom stereocenters. The number of nitrogens with one attached hydrogen (secondary N) is 1. The van der Waals surface area contributed by atoms with Crippen molar-refractivity contribution >= 4 is 0 Å². The highest BCUT2D eigenvalue weighted by Gasteiger charge is 2.13. The Kier molecular flexibility index (Phi) is 12.1. The van der Waals surface area contributed by atoms with Gasteiger partial charge in [-0.2, -0.15) is 0 Å². The van der Waals surface area contributed by atoms with E-state index in [4.69, 9.17) is 4.74 Å². The summed E-state index contributed by atoms with van der Waals surface area (Å²) >= 11 is 0. The third-order valence-electron chi connectivity index (χ3n) is 1.79. The highest BCUT2D eigenvalue weighted by atomic mass is 19.1. The molecule has 0 saturated carbocycles. The third-order valence-corrected chi connectivity index (χ3v) is 1.79. The number of ether oxygens (including phenoxy) is 1. The second-order valence-electron chi connectivity index (χ2n) is 2.92. The molecule has 0 amide bonds. The summed E-state index contributed by atoms with van der Waals surface area (Å²) in [6, 6.07) is 0.0833. The van der Waals surface area contributed by atoms with Gasteiger partial charge in [-0.1, -0.05) is 6.08 Å². The summed E-state index contributed by atoms with van der Waals surface area (Å²) in [7, 11) is 3.30. The second kappa shape index (κ2) is 10.6. The topological polar surface area (TPSA) is 21.3 Å². The van der Waals surface area contributed by atoms with Gasteiger partial charge in [-0.25, -0.2) is 8.78 Å². The average molecular weight is 209 g/mol. The van der Waals surface area contributed by atoms with Gasteiger partial charge in [0.25, 0.3) is 0 Å². The standard InChI is InChI=1S/C6H14FNO.C4H7F/c1-5(8-2)6(4-7)9-3;1-3-4(2)5/h5-6,8H,4H2,1-3H3;3-4H,1H2,2H3. The molecule has 14 heavy (non-hydrogen) atoms. The lowest BCUT2D eigenvalue weighted by atomic mass is 10.2. The van der Waals surface area contributed by atoms with Crippen LogP contribution in [0, 0.1) is 0 Å². The first-order chi connectivity index (χ1) is 6.53. The minimum Gasteiger partial charge on any atom is -0.377 e. The van der Waals surface area contributed by atoms with Crippen molar-refractivity contribution in [2.45, 2.75) is 32.2 Å². The van der Waals surface area contributed by atoms with E-state index in [1.165, 1.54) is 20.1 Å². The Bertz CT molecular complexity index is 127. The van der Waals surface area contributed by atoms with E-state index in [1.807, 2.05) is 6.92 Å². The first kappa shape index (κ1) is 16.0. The molecule has 86 valence electrons. The lowest BCUT2D eigenvalue weighted by molar-refractivity contribution is 0.0552. The van der Waals surface area contributed by atoms with Crippen LogP contribution in [0.3, 0.4) is 0 Å². The zero-order chi connectivity index (χ0) is 11.6. The van der Waals surface area contributed by atoms with Crippen molar-refractivity contribution in [3.63, 3.8) is 0 Å². The number of hydrogen-bond acceptors (Lipinski definition) is 2. The van der Waals surface area contributed by atoms with Crippen LogP contribution in [0.5, 0.6) is 0 Å². The lowest BCUT2D eigenvalue weighted by Gasteiger charge is -2.18. The maximum absolute atomic E-state index is 11.9. The van der Waals surface area contributed by atoms with Crippen LogP contribution in [0.25, 0.3) is 0 Å². The van der Waals surface area contributed by atoms with Gasteiger partial charge in [-0.3, -0.25) is 0 Å². The van der Waals surface area contributed by atoms with Gasteiger partial charge in [0, 0.05) is 13.2 Å². The molecule has 1 N–H and O–H groups in total. The fourth-order valence-corrected chi connectivity index (χ4v) is 0.587. The number of rotatable bonds is 5. The van der Waals surface area contributed by atoms with Crippen LogP contribution in [-0.2, 0) is 4.74 Å². The van der Waals surface area contributed by atoms with Gasteiger partial charge < -0.3 is 10.1 Å². The largest absolute Gasteiger partial charge is 0.377 e. The monoisotopic (exact) mass is 209 g/mol. The number of alkyl halides is 2. The minimum atomic E-state index is -0.852. The molecule has 0 heterocycles. The first-order valence-corrected chi connectivity index (χ1v) is 4.56. The predicted octanol–water partition coefficient (Wildman–Crippen LogP) is 2.11. The summed E-state index contributed by atoms with van der Waals surface area (Å²) in [6.45, 7) is 6.07. The Balaban J connectivity index is 0. The van der Waals surface area contributed by atoms with Crippen molar-refractivity contribution < 1.29 is 13.5 Å². The van der Waals surface area contributed by atoms with Crippen LogP contribution >= 0.6 is 0 Å². The first-order valence-electron chi connectivity index (χ1n) is 4.56. The van der Waals surface area contributed by atoms with E-state index in [-0.39, 0.29) is 12.1 Å². The summed E-state index contributed by atoms with van der Waals surface area (Å²) < 4.78 is 28.1. The smallest absolute Gasteiger partial charge is 0.117 e. The zero-order valence-corrected chi connectivity index (χ0v) is 9.39. The van der Waals surface area contributed by atoms with Crippen molar-refractivity contribution in [3.05, 3.63) is 12.7 Å². The zero-order valence-electron chi connectivity index (χ0n) is 9.39. The fraction of sp³-hybridized carbons (Fsp3) is 0.800. The van der Waals surface area contributed by atoms with Crippen molar-refractivity contribution in [1.82, 2.24) is 5.32 Å². The van der Waals surface area contributed by atoms with Crippen LogP contribution in [0.2, 0.25) is 0 Å². The molecule has 3 unspecified atom stereocenters. The summed E-state index contributed by atoms with van der Waals surface area (Å²) in [5, 5.41) is 2.90. The van der Waals surface area contributed by atoms with Crippen molar-refractivity contribution in [2.24, 2.45) is 0 Å². The van der Waals surface area contributed by atoms with Gasteiger partial charge in [0.2, 0.25) is 0 Å². The summed E-state index contributed by atoms with van der Waals surface area (Å²) in [6.07, 6.45) is 0.0880. The van der Waals surface area contributed by atoms with E-state index in [9.17, 15) is 8.78 Å². The quantitative estimate of drug-likeness (QED) is 0.700. The van der Waals surface area contributed by atoms with E-state index in [2.05, 4.69) is 11.9 Å². The Labute approximate surface area is 85.3 Å². The second-order valence-corrected chi connectivity index (χ2v) is 2.92. The molecule has 0 aliphatic carbocycles. The van der Waals surface area contributed by atoms with E-state index < -0.39 is 12.8 Å². The van der Waals surface area contributed by atoms with Crippen LogP contribution in [0.1, 0.15) is 13.8 Å². The van der Waals surface area contributed by atoms with Crippen molar-refractivity contribution in [2.75, 3.05) is 20.8 Å². The Hall–Kier alpha value is -0.480. The average Bonchev–Trinajstić information content (AvgIpc) is 2.20. The van der Waals surface area contributed by atoms with Gasteiger partial charge in [0.05, 0.1) is 0 Å². The predicted molar refractivity (Wildman–Crippen MR) is 56.1 cm³/mol. The SMILES string of the molecule is C=CC(C)F.CNC(C)C(CF)OC. The number of hydrogen-bond donors (Lipinski definition) is 1. The molecule has 0 aromatic carbocycles. The molecule has 2 nitrogen and oxygen atoms in total. The number of methoxy groups -OCH3 is 1. The number of halogens is 2. The molecular formula is C10H21F2NO. The maximum Gasteiger partial charge on any atom is 0.117 e. The van der Waals surface area contributed by atoms with E-state index in [0.717, 1.165) is 0 Å². The van der Waals surface area contributed by atoms with Crippen LogP contribution in [0.15, 0.2) is 12.7 Å². The van der Waals surface area contributed by atoms with E-state index >= 15 is 0 Å². The van der Waals surface area contributed by atoms with Gasteiger partial charge >= 0.3 is 0 Å². The highest BCUT2D eigenvalue weighted by molar-refractivity contribution is 4.72. The van der Waals surface area contributed by atoms with Gasteiger partial charge in [0.15, 0.2) is 0 Å².